The van der Waals surface area contributed by atoms with Gasteiger partial charge in [-0.2, -0.15) is 0 Å². The van der Waals surface area contributed by atoms with Crippen LogP contribution in [0.25, 0.3) is 0 Å². The van der Waals surface area contributed by atoms with Crippen molar-refractivity contribution in [3.8, 4) is 11.5 Å². The molecule has 0 fully saturated rings. The van der Waals surface area contributed by atoms with E-state index in [-0.39, 0.29) is 12.4 Å². The van der Waals surface area contributed by atoms with Crippen LogP contribution in [-0.2, 0) is 0 Å². The number of para-hydroxylation sites is 1. The van der Waals surface area contributed by atoms with E-state index in [1.165, 1.54) is 25.3 Å². The number of rotatable bonds is 5. The second-order valence-electron chi connectivity index (χ2n) is 4.36. The van der Waals surface area contributed by atoms with Crippen molar-refractivity contribution in [3.63, 3.8) is 0 Å². The Balaban J connectivity index is 2.08. The Morgan fingerprint density at radius 3 is 2.29 bits per heavy atom. The Labute approximate surface area is 120 Å². The molecule has 0 bridgehead atoms. The van der Waals surface area contributed by atoms with Gasteiger partial charge in [0.1, 0.15) is 6.61 Å². The summed E-state index contributed by atoms with van der Waals surface area (Å²) in [6.07, 6.45) is 0. The molecule has 0 aliphatic carbocycles. The molecule has 0 saturated heterocycles. The van der Waals surface area contributed by atoms with Crippen molar-refractivity contribution in [3.05, 3.63) is 59.4 Å². The lowest BCUT2D eigenvalue weighted by Gasteiger charge is -2.15. The zero-order valence-electron chi connectivity index (χ0n) is 11.3. The first-order valence-corrected chi connectivity index (χ1v) is 6.18. The fraction of sp³-hybridized carbons (Fsp3) is 0.200. The molecule has 2 rings (SSSR count). The lowest BCUT2D eigenvalue weighted by atomic mass is 10.1. The van der Waals surface area contributed by atoms with Crippen LogP contribution in [-0.4, -0.2) is 13.7 Å². The molecule has 0 aliphatic rings. The van der Waals surface area contributed by atoms with Crippen LogP contribution in [0, 0.1) is 17.5 Å². The minimum atomic E-state index is -0.817. The van der Waals surface area contributed by atoms with Crippen LogP contribution >= 0.6 is 0 Å². The molecule has 0 aromatic heterocycles. The predicted octanol–water partition coefficient (Wildman–Crippen LogP) is 3.19. The van der Waals surface area contributed by atoms with Gasteiger partial charge in [0, 0.05) is 0 Å². The van der Waals surface area contributed by atoms with Gasteiger partial charge < -0.3 is 15.2 Å². The van der Waals surface area contributed by atoms with Crippen molar-refractivity contribution in [2.45, 2.75) is 6.04 Å². The summed E-state index contributed by atoms with van der Waals surface area (Å²) in [5, 5.41) is 0. The van der Waals surface area contributed by atoms with Gasteiger partial charge in [-0.1, -0.05) is 12.1 Å². The summed E-state index contributed by atoms with van der Waals surface area (Å²) >= 11 is 0. The van der Waals surface area contributed by atoms with E-state index in [1.54, 1.807) is 6.07 Å². The Morgan fingerprint density at radius 1 is 1.05 bits per heavy atom. The number of hydrogen-bond donors (Lipinski definition) is 1. The summed E-state index contributed by atoms with van der Waals surface area (Å²) in [7, 11) is 1.35. The summed E-state index contributed by atoms with van der Waals surface area (Å²) in [6.45, 7) is -0.191. The van der Waals surface area contributed by atoms with Crippen LogP contribution in [0.4, 0.5) is 13.2 Å². The molecule has 2 aromatic carbocycles. The first-order valence-electron chi connectivity index (χ1n) is 6.18. The Hall–Kier alpha value is -2.21. The van der Waals surface area contributed by atoms with Crippen molar-refractivity contribution in [2.24, 2.45) is 5.73 Å². The van der Waals surface area contributed by atoms with E-state index in [0.29, 0.717) is 5.56 Å². The molecule has 21 heavy (non-hydrogen) atoms. The number of benzene rings is 2. The number of methoxy groups -OCH3 is 1. The Bertz CT molecular complexity index is 614. The average molecular weight is 297 g/mol. The number of ether oxygens (including phenoxy) is 2. The van der Waals surface area contributed by atoms with Gasteiger partial charge in [-0.15, -0.1) is 0 Å². The van der Waals surface area contributed by atoms with Crippen LogP contribution in [0.2, 0.25) is 0 Å². The van der Waals surface area contributed by atoms with E-state index in [0.717, 1.165) is 12.1 Å². The fourth-order valence-electron chi connectivity index (χ4n) is 1.80. The van der Waals surface area contributed by atoms with Gasteiger partial charge in [-0.05, 0) is 29.8 Å². The first kappa shape index (κ1) is 15.2. The van der Waals surface area contributed by atoms with Crippen LogP contribution in [0.3, 0.4) is 0 Å². The minimum Gasteiger partial charge on any atom is -0.494 e. The molecule has 0 spiro atoms. The van der Waals surface area contributed by atoms with E-state index >= 15 is 0 Å². The Kier molecular flexibility index (Phi) is 4.70. The van der Waals surface area contributed by atoms with Gasteiger partial charge in [0.2, 0.25) is 0 Å². The van der Waals surface area contributed by atoms with Gasteiger partial charge in [0.15, 0.2) is 29.0 Å². The van der Waals surface area contributed by atoms with E-state index in [4.69, 9.17) is 15.2 Å². The standard InChI is InChI=1S/C15H14F3NO2/c1-20-14-6-5-9(7-12(14)18)13(19)8-21-15-10(16)3-2-4-11(15)17/h2-7,13H,8,19H2,1H3. The lowest BCUT2D eigenvalue weighted by molar-refractivity contribution is 0.263. The molecule has 6 heteroatoms. The molecule has 3 nitrogen and oxygen atoms in total. The molecular weight excluding hydrogens is 283 g/mol. The molecule has 1 unspecified atom stereocenters. The SMILES string of the molecule is COc1ccc(C(N)COc2c(F)cccc2F)cc1F. The summed E-state index contributed by atoms with van der Waals surface area (Å²) < 4.78 is 50.2. The van der Waals surface area contributed by atoms with Crippen LogP contribution < -0.4 is 15.2 Å². The van der Waals surface area contributed by atoms with E-state index in [2.05, 4.69) is 0 Å². The summed E-state index contributed by atoms with van der Waals surface area (Å²) in [4.78, 5) is 0. The summed E-state index contributed by atoms with van der Waals surface area (Å²) in [5.74, 6) is -2.61. The number of hydrogen-bond acceptors (Lipinski definition) is 3. The monoisotopic (exact) mass is 297 g/mol. The van der Waals surface area contributed by atoms with Crippen molar-refractivity contribution in [1.82, 2.24) is 0 Å². The van der Waals surface area contributed by atoms with Gasteiger partial charge in [-0.25, -0.2) is 13.2 Å². The maximum Gasteiger partial charge on any atom is 0.190 e. The van der Waals surface area contributed by atoms with E-state index in [9.17, 15) is 13.2 Å². The highest BCUT2D eigenvalue weighted by atomic mass is 19.1. The van der Waals surface area contributed by atoms with Gasteiger partial charge in [-0.3, -0.25) is 0 Å². The topological polar surface area (TPSA) is 44.5 Å². The summed E-state index contributed by atoms with van der Waals surface area (Å²) in [6, 6.07) is 6.85. The maximum atomic E-state index is 13.6. The molecular formula is C15H14F3NO2. The molecule has 0 heterocycles. The lowest BCUT2D eigenvalue weighted by Crippen LogP contribution is -2.20. The quantitative estimate of drug-likeness (QED) is 0.921. The first-order chi connectivity index (χ1) is 10.0. The summed E-state index contributed by atoms with van der Waals surface area (Å²) in [5.41, 5.74) is 6.26. The van der Waals surface area contributed by atoms with Crippen molar-refractivity contribution < 1.29 is 22.6 Å². The van der Waals surface area contributed by atoms with Crippen LogP contribution in [0.1, 0.15) is 11.6 Å². The zero-order valence-corrected chi connectivity index (χ0v) is 11.3. The predicted molar refractivity (Wildman–Crippen MR) is 71.7 cm³/mol. The van der Waals surface area contributed by atoms with Gasteiger partial charge >= 0.3 is 0 Å². The highest BCUT2D eigenvalue weighted by Crippen LogP contribution is 2.24. The molecule has 0 saturated carbocycles. The van der Waals surface area contributed by atoms with Crippen molar-refractivity contribution in [1.29, 1.82) is 0 Å². The molecule has 0 radical (unpaired) electrons. The smallest absolute Gasteiger partial charge is 0.190 e. The highest BCUT2D eigenvalue weighted by Gasteiger charge is 2.14. The Morgan fingerprint density at radius 2 is 1.71 bits per heavy atom. The molecule has 0 amide bonds. The van der Waals surface area contributed by atoms with Crippen LogP contribution in [0.15, 0.2) is 36.4 Å². The molecule has 112 valence electrons. The van der Waals surface area contributed by atoms with E-state index in [1.807, 2.05) is 0 Å². The molecule has 2 aromatic rings. The normalized spacial score (nSPS) is 12.0. The number of halogens is 3. The largest absolute Gasteiger partial charge is 0.494 e. The highest BCUT2D eigenvalue weighted by molar-refractivity contribution is 5.31. The third kappa shape index (κ3) is 3.46. The molecule has 1 atom stereocenters. The average Bonchev–Trinajstić information content (AvgIpc) is 2.46. The van der Waals surface area contributed by atoms with Crippen molar-refractivity contribution in [2.75, 3.05) is 13.7 Å². The fourth-order valence-corrected chi connectivity index (χ4v) is 1.80. The molecule has 0 aliphatic heterocycles. The van der Waals surface area contributed by atoms with Gasteiger partial charge in [0.25, 0.3) is 0 Å². The third-order valence-corrected chi connectivity index (χ3v) is 2.93. The second kappa shape index (κ2) is 6.49. The van der Waals surface area contributed by atoms with Gasteiger partial charge in [0.05, 0.1) is 13.2 Å². The van der Waals surface area contributed by atoms with E-state index < -0.39 is 29.2 Å². The number of nitrogens with two attached hydrogens (primary N) is 1. The molecule has 2 N–H and O–H groups in total. The van der Waals surface area contributed by atoms with Crippen LogP contribution in [0.5, 0.6) is 11.5 Å². The second-order valence-corrected chi connectivity index (χ2v) is 4.36. The van der Waals surface area contributed by atoms with Crippen molar-refractivity contribution >= 4 is 0 Å². The zero-order chi connectivity index (χ0) is 15.4. The minimum absolute atomic E-state index is 0.0898. The maximum absolute atomic E-state index is 13.6. The third-order valence-electron chi connectivity index (χ3n) is 2.93.